The molecule has 4 rings (SSSR count). The van der Waals surface area contributed by atoms with Crippen LogP contribution in [0.4, 0.5) is 5.69 Å². The van der Waals surface area contributed by atoms with Gasteiger partial charge in [-0.15, -0.1) is 0 Å². The van der Waals surface area contributed by atoms with Crippen molar-refractivity contribution in [1.29, 1.82) is 0 Å². The van der Waals surface area contributed by atoms with Crippen molar-refractivity contribution in [3.63, 3.8) is 0 Å². The van der Waals surface area contributed by atoms with E-state index in [1.807, 2.05) is 31.2 Å². The minimum Gasteiger partial charge on any atom is -0.494 e. The monoisotopic (exact) mass is 445 g/mol. The van der Waals surface area contributed by atoms with Crippen LogP contribution in [0.25, 0.3) is 0 Å². The van der Waals surface area contributed by atoms with Crippen LogP contribution in [-0.2, 0) is 21.2 Å². The molecule has 2 heterocycles. The Kier molecular flexibility index (Phi) is 6.45. The van der Waals surface area contributed by atoms with Crippen molar-refractivity contribution < 1.29 is 22.7 Å². The van der Waals surface area contributed by atoms with Crippen molar-refractivity contribution in [2.45, 2.75) is 18.2 Å². The van der Waals surface area contributed by atoms with Crippen molar-refractivity contribution in [1.82, 2.24) is 9.21 Å². The van der Waals surface area contributed by atoms with Crippen molar-refractivity contribution in [2.75, 3.05) is 51.3 Å². The molecule has 2 aromatic carbocycles. The third kappa shape index (κ3) is 5.00. The zero-order chi connectivity index (χ0) is 21.8. The molecule has 31 heavy (non-hydrogen) atoms. The fraction of sp³-hybridized carbons (Fsp3) is 0.409. The summed E-state index contributed by atoms with van der Waals surface area (Å²) in [6.07, 6.45) is 0.223. The molecule has 2 aliphatic rings. The smallest absolute Gasteiger partial charge is 0.243 e. The highest BCUT2D eigenvalue weighted by Gasteiger charge is 2.30. The number of carbonyl (C=O) groups is 1. The zero-order valence-corrected chi connectivity index (χ0v) is 18.4. The lowest BCUT2D eigenvalue weighted by molar-refractivity contribution is -0.115. The van der Waals surface area contributed by atoms with E-state index in [1.54, 1.807) is 18.2 Å². The van der Waals surface area contributed by atoms with Gasteiger partial charge in [-0.2, -0.15) is 4.31 Å². The van der Waals surface area contributed by atoms with Gasteiger partial charge >= 0.3 is 0 Å². The molecule has 1 N–H and O–H groups in total. The molecule has 0 aromatic heterocycles. The maximum absolute atomic E-state index is 13.0. The summed E-state index contributed by atoms with van der Waals surface area (Å²) >= 11 is 0. The Balaban J connectivity index is 1.26. The number of nitrogens with zero attached hydrogens (tertiary/aromatic N) is 2. The van der Waals surface area contributed by atoms with E-state index in [4.69, 9.17) is 9.47 Å². The summed E-state index contributed by atoms with van der Waals surface area (Å²) in [5.41, 5.74) is 1.43. The third-order valence-corrected chi connectivity index (χ3v) is 7.38. The van der Waals surface area contributed by atoms with Gasteiger partial charge in [0.05, 0.1) is 17.9 Å². The molecule has 1 fully saturated rings. The lowest BCUT2D eigenvalue weighted by atomic mass is 10.2. The van der Waals surface area contributed by atoms with Crippen LogP contribution in [0, 0.1) is 0 Å². The Morgan fingerprint density at radius 2 is 1.65 bits per heavy atom. The second-order valence-corrected chi connectivity index (χ2v) is 9.48. The second-order valence-electron chi connectivity index (χ2n) is 7.54. The van der Waals surface area contributed by atoms with Crippen LogP contribution in [0.15, 0.2) is 47.4 Å². The van der Waals surface area contributed by atoms with E-state index in [1.165, 1.54) is 4.31 Å². The highest BCUT2D eigenvalue weighted by Crippen LogP contribution is 2.27. The topological polar surface area (TPSA) is 88.2 Å². The number of benzene rings is 2. The van der Waals surface area contributed by atoms with Gasteiger partial charge in [0.15, 0.2) is 0 Å². The standard InChI is InChI=1S/C22H27N3O5S/c1-2-29-18-3-5-19(6-4-18)30-14-13-24-9-11-25(12-10-24)31(27,28)20-7-8-21-17(15-20)16-22(26)23-21/h3-8,15H,2,9-14,16H2,1H3,(H,23,26). The van der Waals surface area contributed by atoms with E-state index in [0.717, 1.165) is 23.6 Å². The van der Waals surface area contributed by atoms with E-state index in [0.29, 0.717) is 45.1 Å². The predicted octanol–water partition coefficient (Wildman–Crippen LogP) is 1.97. The van der Waals surface area contributed by atoms with Gasteiger partial charge in [0.1, 0.15) is 18.1 Å². The normalized spacial score (nSPS) is 17.3. The number of rotatable bonds is 8. The number of anilines is 1. The average molecular weight is 446 g/mol. The molecule has 0 radical (unpaired) electrons. The molecule has 0 aliphatic carbocycles. The first kappa shape index (κ1) is 21.6. The van der Waals surface area contributed by atoms with E-state index >= 15 is 0 Å². The fourth-order valence-corrected chi connectivity index (χ4v) is 5.27. The Bertz CT molecular complexity index is 1030. The van der Waals surface area contributed by atoms with Crippen molar-refractivity contribution in [2.24, 2.45) is 0 Å². The molecule has 1 amide bonds. The number of sulfonamides is 1. The molecule has 9 heteroatoms. The van der Waals surface area contributed by atoms with Crippen LogP contribution in [0.5, 0.6) is 11.5 Å². The summed E-state index contributed by atoms with van der Waals surface area (Å²) in [5, 5.41) is 2.73. The summed E-state index contributed by atoms with van der Waals surface area (Å²) in [6.45, 7) is 6.00. The molecule has 0 saturated carbocycles. The number of hydrogen-bond donors (Lipinski definition) is 1. The number of carbonyl (C=O) groups excluding carboxylic acids is 1. The zero-order valence-electron chi connectivity index (χ0n) is 17.5. The second kappa shape index (κ2) is 9.25. The summed E-state index contributed by atoms with van der Waals surface area (Å²) in [7, 11) is -3.57. The van der Waals surface area contributed by atoms with Gasteiger partial charge in [0.2, 0.25) is 15.9 Å². The first-order chi connectivity index (χ1) is 15.0. The first-order valence-electron chi connectivity index (χ1n) is 10.5. The lowest BCUT2D eigenvalue weighted by Crippen LogP contribution is -2.49. The Labute approximate surface area is 182 Å². The number of ether oxygens (including phenoxy) is 2. The van der Waals surface area contributed by atoms with Crippen LogP contribution in [-0.4, -0.2) is 69.5 Å². The van der Waals surface area contributed by atoms with Gasteiger partial charge in [-0.1, -0.05) is 0 Å². The molecular formula is C22H27N3O5S. The summed E-state index contributed by atoms with van der Waals surface area (Å²) in [6, 6.07) is 12.4. The lowest BCUT2D eigenvalue weighted by Gasteiger charge is -2.33. The SMILES string of the molecule is CCOc1ccc(OCCN2CCN(S(=O)(=O)c3ccc4c(c3)CC(=O)N4)CC2)cc1. The summed E-state index contributed by atoms with van der Waals surface area (Å²) in [4.78, 5) is 14.0. The van der Waals surface area contributed by atoms with Crippen LogP contribution in [0.1, 0.15) is 12.5 Å². The average Bonchev–Trinajstić information content (AvgIpc) is 3.15. The van der Waals surface area contributed by atoms with E-state index in [9.17, 15) is 13.2 Å². The maximum Gasteiger partial charge on any atom is 0.243 e. The van der Waals surface area contributed by atoms with Crippen molar-refractivity contribution in [3.05, 3.63) is 48.0 Å². The number of piperazine rings is 1. The largest absolute Gasteiger partial charge is 0.494 e. The molecule has 0 bridgehead atoms. The van der Waals surface area contributed by atoms with Crippen LogP contribution >= 0.6 is 0 Å². The number of fused-ring (bicyclic) bond motifs is 1. The van der Waals surface area contributed by atoms with Gasteiger partial charge in [0.25, 0.3) is 0 Å². The summed E-state index contributed by atoms with van der Waals surface area (Å²) < 4.78 is 38.8. The van der Waals surface area contributed by atoms with E-state index in [-0.39, 0.29) is 17.2 Å². The number of hydrogen-bond acceptors (Lipinski definition) is 6. The Morgan fingerprint density at radius 1 is 0.968 bits per heavy atom. The molecule has 8 nitrogen and oxygen atoms in total. The van der Waals surface area contributed by atoms with Crippen LogP contribution < -0.4 is 14.8 Å². The maximum atomic E-state index is 13.0. The van der Waals surface area contributed by atoms with Gasteiger partial charge < -0.3 is 14.8 Å². The molecule has 0 atom stereocenters. The highest BCUT2D eigenvalue weighted by atomic mass is 32.2. The number of amides is 1. The molecule has 2 aliphatic heterocycles. The fourth-order valence-electron chi connectivity index (χ4n) is 3.80. The van der Waals surface area contributed by atoms with Crippen molar-refractivity contribution >= 4 is 21.6 Å². The number of nitrogens with one attached hydrogen (secondary N) is 1. The van der Waals surface area contributed by atoms with E-state index in [2.05, 4.69) is 10.2 Å². The highest BCUT2D eigenvalue weighted by molar-refractivity contribution is 7.89. The third-order valence-electron chi connectivity index (χ3n) is 5.48. The minimum atomic E-state index is -3.57. The Morgan fingerprint density at radius 3 is 2.32 bits per heavy atom. The Hall–Kier alpha value is -2.62. The van der Waals surface area contributed by atoms with Gasteiger partial charge in [-0.25, -0.2) is 8.42 Å². The quantitative estimate of drug-likeness (QED) is 0.668. The van der Waals surface area contributed by atoms with Gasteiger partial charge in [0, 0.05) is 38.4 Å². The molecular weight excluding hydrogens is 418 g/mol. The minimum absolute atomic E-state index is 0.106. The van der Waals surface area contributed by atoms with Crippen molar-refractivity contribution in [3.8, 4) is 11.5 Å². The van der Waals surface area contributed by atoms with Crippen LogP contribution in [0.2, 0.25) is 0 Å². The molecule has 0 spiro atoms. The van der Waals surface area contributed by atoms with E-state index < -0.39 is 10.0 Å². The predicted molar refractivity (Wildman–Crippen MR) is 117 cm³/mol. The molecule has 166 valence electrons. The van der Waals surface area contributed by atoms with Gasteiger partial charge in [-0.05, 0) is 55.0 Å². The summed E-state index contributed by atoms with van der Waals surface area (Å²) in [5.74, 6) is 1.50. The molecule has 0 unspecified atom stereocenters. The molecule has 2 aromatic rings. The first-order valence-corrected chi connectivity index (χ1v) is 11.9. The molecule has 1 saturated heterocycles. The van der Waals surface area contributed by atoms with Gasteiger partial charge in [-0.3, -0.25) is 9.69 Å². The van der Waals surface area contributed by atoms with Crippen LogP contribution in [0.3, 0.4) is 0 Å².